The summed E-state index contributed by atoms with van der Waals surface area (Å²) in [5, 5.41) is 2.98. The summed E-state index contributed by atoms with van der Waals surface area (Å²) in [5.41, 5.74) is 0.566. The van der Waals surface area contributed by atoms with Gasteiger partial charge in [-0.25, -0.2) is 4.79 Å². The number of aryl methyl sites for hydroxylation is 2. The maximum Gasteiger partial charge on any atom is 0.339 e. The van der Waals surface area contributed by atoms with Gasteiger partial charge in [0.1, 0.15) is 0 Å². The lowest BCUT2D eigenvalue weighted by Gasteiger charge is -2.29. The molecule has 1 saturated carbocycles. The van der Waals surface area contributed by atoms with Gasteiger partial charge in [-0.2, -0.15) is 0 Å². The zero-order valence-corrected chi connectivity index (χ0v) is 13.7. The average molecular weight is 309 g/mol. The third kappa shape index (κ3) is 4.30. The van der Waals surface area contributed by atoms with E-state index in [9.17, 15) is 9.59 Å². The molecule has 0 unspecified atom stereocenters. The number of amides is 1. The molecule has 0 spiro atoms. The van der Waals surface area contributed by atoms with Crippen LogP contribution in [0.5, 0.6) is 0 Å². The number of esters is 1. The van der Waals surface area contributed by atoms with Crippen LogP contribution in [0.4, 0.5) is 0 Å². The molecule has 1 aliphatic rings. The Balaban J connectivity index is 1.81. The fourth-order valence-corrected chi connectivity index (χ4v) is 3.73. The van der Waals surface area contributed by atoms with E-state index in [1.807, 2.05) is 19.9 Å². The van der Waals surface area contributed by atoms with Crippen LogP contribution in [0.1, 0.15) is 52.7 Å². The molecule has 0 aromatic carbocycles. The second-order valence-electron chi connectivity index (χ2n) is 5.84. The monoisotopic (exact) mass is 309 g/mol. The van der Waals surface area contributed by atoms with Crippen molar-refractivity contribution in [3.63, 3.8) is 0 Å². The predicted octanol–water partition coefficient (Wildman–Crippen LogP) is 3.22. The van der Waals surface area contributed by atoms with Crippen molar-refractivity contribution in [3.05, 3.63) is 21.4 Å². The second kappa shape index (κ2) is 7.07. The maximum atomic E-state index is 11.9. The van der Waals surface area contributed by atoms with Crippen LogP contribution in [0.2, 0.25) is 0 Å². The number of carbonyl (C=O) groups is 2. The SMILES string of the molecule is Cc1cc(C(=O)OCC(=O)N[C@@H]2CCCC[C@@H]2C)c(C)s1. The summed E-state index contributed by atoms with van der Waals surface area (Å²) in [6.07, 6.45) is 4.56. The van der Waals surface area contributed by atoms with Crippen LogP contribution >= 0.6 is 11.3 Å². The van der Waals surface area contributed by atoms with E-state index in [0.29, 0.717) is 11.5 Å². The normalized spacial score (nSPS) is 21.9. The Labute approximate surface area is 129 Å². The van der Waals surface area contributed by atoms with E-state index < -0.39 is 5.97 Å². The number of hydrogen-bond acceptors (Lipinski definition) is 4. The molecule has 2 rings (SSSR count). The molecule has 0 radical (unpaired) electrons. The molecular weight excluding hydrogens is 286 g/mol. The predicted molar refractivity (Wildman–Crippen MR) is 83.6 cm³/mol. The summed E-state index contributed by atoms with van der Waals surface area (Å²) in [7, 11) is 0. The first-order valence-electron chi connectivity index (χ1n) is 7.51. The average Bonchev–Trinajstić information content (AvgIpc) is 2.78. The smallest absolute Gasteiger partial charge is 0.339 e. The number of nitrogens with one attached hydrogen (secondary N) is 1. The molecule has 1 aromatic heterocycles. The third-order valence-corrected chi connectivity index (χ3v) is 5.02. The second-order valence-corrected chi connectivity index (χ2v) is 7.30. The number of ether oxygens (including phenoxy) is 1. The molecule has 0 bridgehead atoms. The highest BCUT2D eigenvalue weighted by atomic mass is 32.1. The van der Waals surface area contributed by atoms with E-state index >= 15 is 0 Å². The molecule has 1 aliphatic carbocycles. The van der Waals surface area contributed by atoms with Crippen molar-refractivity contribution < 1.29 is 14.3 Å². The Bertz CT molecular complexity index is 524. The molecule has 5 heteroatoms. The molecule has 2 atom stereocenters. The van der Waals surface area contributed by atoms with Gasteiger partial charge in [0, 0.05) is 15.8 Å². The first kappa shape index (κ1) is 16.0. The van der Waals surface area contributed by atoms with Crippen molar-refractivity contribution in [2.45, 2.75) is 52.5 Å². The van der Waals surface area contributed by atoms with Crippen molar-refractivity contribution in [2.75, 3.05) is 6.61 Å². The number of carbonyl (C=O) groups excluding carboxylic acids is 2. The lowest BCUT2D eigenvalue weighted by molar-refractivity contribution is -0.125. The summed E-state index contributed by atoms with van der Waals surface area (Å²) in [4.78, 5) is 25.8. The first-order chi connectivity index (χ1) is 9.97. The standard InChI is InChI=1S/C16H23NO3S/c1-10-6-4-5-7-14(10)17-15(18)9-20-16(19)13-8-11(2)21-12(13)3/h8,10,14H,4-7,9H2,1-3H3,(H,17,18)/t10-,14+/m0/s1. The van der Waals surface area contributed by atoms with E-state index in [1.165, 1.54) is 6.42 Å². The summed E-state index contributed by atoms with van der Waals surface area (Å²) in [6.45, 7) is 5.80. The highest BCUT2D eigenvalue weighted by Crippen LogP contribution is 2.24. The topological polar surface area (TPSA) is 55.4 Å². The van der Waals surface area contributed by atoms with E-state index in [4.69, 9.17) is 4.74 Å². The quantitative estimate of drug-likeness (QED) is 0.869. The van der Waals surface area contributed by atoms with Crippen LogP contribution in [-0.4, -0.2) is 24.5 Å². The minimum absolute atomic E-state index is 0.198. The Morgan fingerprint density at radius 1 is 1.33 bits per heavy atom. The Morgan fingerprint density at radius 2 is 2.05 bits per heavy atom. The number of hydrogen-bond donors (Lipinski definition) is 1. The van der Waals surface area contributed by atoms with Gasteiger partial charge in [0.15, 0.2) is 6.61 Å². The lowest BCUT2D eigenvalue weighted by Crippen LogP contribution is -2.42. The molecule has 1 aromatic rings. The summed E-state index contributed by atoms with van der Waals surface area (Å²) in [6, 6.07) is 2.03. The van der Waals surface area contributed by atoms with E-state index in [2.05, 4.69) is 12.2 Å². The maximum absolute atomic E-state index is 11.9. The van der Waals surface area contributed by atoms with Gasteiger partial charge >= 0.3 is 5.97 Å². The molecule has 4 nitrogen and oxygen atoms in total. The van der Waals surface area contributed by atoms with Gasteiger partial charge in [-0.05, 0) is 38.7 Å². The molecule has 1 N–H and O–H groups in total. The van der Waals surface area contributed by atoms with E-state index in [1.54, 1.807) is 11.3 Å². The molecule has 116 valence electrons. The largest absolute Gasteiger partial charge is 0.452 e. The lowest BCUT2D eigenvalue weighted by atomic mass is 9.86. The number of thiophene rings is 1. The fraction of sp³-hybridized carbons (Fsp3) is 0.625. The first-order valence-corrected chi connectivity index (χ1v) is 8.32. The minimum atomic E-state index is -0.413. The van der Waals surface area contributed by atoms with E-state index in [0.717, 1.165) is 29.0 Å². The van der Waals surface area contributed by atoms with Gasteiger partial charge in [0.2, 0.25) is 0 Å². The van der Waals surface area contributed by atoms with Gasteiger partial charge in [0.25, 0.3) is 5.91 Å². The highest BCUT2D eigenvalue weighted by molar-refractivity contribution is 7.12. The molecule has 1 fully saturated rings. The van der Waals surface area contributed by atoms with Crippen LogP contribution in [0.3, 0.4) is 0 Å². The van der Waals surface area contributed by atoms with Gasteiger partial charge in [0.05, 0.1) is 5.56 Å². The van der Waals surface area contributed by atoms with Gasteiger partial charge in [-0.3, -0.25) is 4.79 Å². The fourth-order valence-electron chi connectivity index (χ4n) is 2.82. The Kier molecular flexibility index (Phi) is 5.39. The number of rotatable bonds is 4. The van der Waals surface area contributed by atoms with Crippen LogP contribution < -0.4 is 5.32 Å². The van der Waals surface area contributed by atoms with Gasteiger partial charge in [-0.1, -0.05) is 19.8 Å². The molecule has 0 aliphatic heterocycles. The van der Waals surface area contributed by atoms with Crippen molar-refractivity contribution in [3.8, 4) is 0 Å². The van der Waals surface area contributed by atoms with Crippen molar-refractivity contribution >= 4 is 23.2 Å². The van der Waals surface area contributed by atoms with Crippen LogP contribution in [0.25, 0.3) is 0 Å². The third-order valence-electron chi connectivity index (χ3n) is 4.05. The van der Waals surface area contributed by atoms with Crippen LogP contribution in [0.15, 0.2) is 6.07 Å². The van der Waals surface area contributed by atoms with E-state index in [-0.39, 0.29) is 18.6 Å². The minimum Gasteiger partial charge on any atom is -0.452 e. The summed E-state index contributed by atoms with van der Waals surface area (Å²) < 4.78 is 5.12. The highest BCUT2D eigenvalue weighted by Gasteiger charge is 2.23. The molecule has 21 heavy (non-hydrogen) atoms. The molecule has 1 amide bonds. The summed E-state index contributed by atoms with van der Waals surface area (Å²) in [5.74, 6) is -0.115. The van der Waals surface area contributed by atoms with Crippen molar-refractivity contribution in [2.24, 2.45) is 5.92 Å². The molecular formula is C16H23NO3S. The molecule has 0 saturated heterocycles. The van der Waals surface area contributed by atoms with Gasteiger partial charge < -0.3 is 10.1 Å². The van der Waals surface area contributed by atoms with Crippen molar-refractivity contribution in [1.29, 1.82) is 0 Å². The van der Waals surface area contributed by atoms with Gasteiger partial charge in [-0.15, -0.1) is 11.3 Å². The van der Waals surface area contributed by atoms with Crippen molar-refractivity contribution in [1.82, 2.24) is 5.32 Å². The zero-order valence-electron chi connectivity index (χ0n) is 12.9. The Morgan fingerprint density at radius 3 is 2.67 bits per heavy atom. The molecule has 1 heterocycles. The van der Waals surface area contributed by atoms with Crippen LogP contribution in [0, 0.1) is 19.8 Å². The van der Waals surface area contributed by atoms with Crippen LogP contribution in [-0.2, 0) is 9.53 Å². The Hall–Kier alpha value is -1.36. The summed E-state index contributed by atoms with van der Waals surface area (Å²) >= 11 is 1.56. The zero-order chi connectivity index (χ0) is 15.4.